The fraction of sp³-hybridized carbons (Fsp3) is 0.562. The van der Waals surface area contributed by atoms with Crippen LogP contribution in [0.2, 0.25) is 0 Å². The van der Waals surface area contributed by atoms with E-state index in [0.717, 1.165) is 42.0 Å². The van der Waals surface area contributed by atoms with Crippen molar-refractivity contribution in [2.45, 2.75) is 47.0 Å². The molecule has 0 saturated heterocycles. The van der Waals surface area contributed by atoms with E-state index in [0.29, 0.717) is 12.5 Å². The van der Waals surface area contributed by atoms with Crippen molar-refractivity contribution in [3.05, 3.63) is 34.5 Å². The highest BCUT2D eigenvalue weighted by molar-refractivity contribution is 5.91. The lowest BCUT2D eigenvalue weighted by molar-refractivity contribution is 0.0916. The first kappa shape index (κ1) is 16.3. The zero-order chi connectivity index (χ0) is 16.1. The molecule has 2 rings (SSSR count). The number of aromatic nitrogens is 2. The summed E-state index contributed by atoms with van der Waals surface area (Å²) in [6, 6.07) is 1.71. The van der Waals surface area contributed by atoms with Gasteiger partial charge in [0.1, 0.15) is 5.76 Å². The van der Waals surface area contributed by atoms with E-state index in [2.05, 4.69) is 29.5 Å². The van der Waals surface area contributed by atoms with E-state index in [1.54, 1.807) is 6.07 Å². The van der Waals surface area contributed by atoms with Crippen LogP contribution in [0.5, 0.6) is 0 Å². The van der Waals surface area contributed by atoms with Crippen LogP contribution in [0.3, 0.4) is 0 Å². The quantitative estimate of drug-likeness (QED) is 0.795. The van der Waals surface area contributed by atoms with Gasteiger partial charge < -0.3 is 14.4 Å². The summed E-state index contributed by atoms with van der Waals surface area (Å²) in [4.78, 5) is 12.0. The van der Waals surface area contributed by atoms with Gasteiger partial charge in [-0.25, -0.2) is 0 Å². The minimum Gasteiger partial charge on any atom is -0.361 e. The van der Waals surface area contributed by atoms with Crippen molar-refractivity contribution in [3.8, 4) is 0 Å². The highest BCUT2D eigenvalue weighted by Crippen LogP contribution is 2.14. The third-order valence-corrected chi connectivity index (χ3v) is 3.47. The molecule has 0 aromatic carbocycles. The maximum atomic E-state index is 12.0. The Morgan fingerprint density at radius 3 is 2.68 bits per heavy atom. The van der Waals surface area contributed by atoms with Crippen LogP contribution in [0.4, 0.5) is 0 Å². The standard InChI is InChI=1S/C16H23N3O3/c1-10(2)8-13-9-15(22-19-13)16(20)17-7-5-6-14-11(3)18-21-12(14)4/h9-10H,5-8H2,1-4H3,(H,17,20). The summed E-state index contributed by atoms with van der Waals surface area (Å²) < 4.78 is 10.2. The van der Waals surface area contributed by atoms with E-state index in [1.807, 2.05) is 13.8 Å². The Morgan fingerprint density at radius 2 is 2.05 bits per heavy atom. The van der Waals surface area contributed by atoms with E-state index < -0.39 is 0 Å². The van der Waals surface area contributed by atoms with Gasteiger partial charge in [0, 0.05) is 18.2 Å². The molecule has 0 bridgehead atoms. The Balaban J connectivity index is 1.77. The van der Waals surface area contributed by atoms with Crippen LogP contribution >= 0.6 is 0 Å². The van der Waals surface area contributed by atoms with Crippen molar-refractivity contribution >= 4 is 5.91 Å². The SMILES string of the molecule is Cc1noc(C)c1CCCNC(=O)c1cc(CC(C)C)no1. The predicted octanol–water partition coefficient (Wildman–Crippen LogP) is 2.84. The maximum absolute atomic E-state index is 12.0. The number of nitrogens with one attached hydrogen (secondary N) is 1. The Kier molecular flexibility index (Phi) is 5.35. The molecule has 0 unspecified atom stereocenters. The van der Waals surface area contributed by atoms with Gasteiger partial charge in [-0.05, 0) is 39.0 Å². The summed E-state index contributed by atoms with van der Waals surface area (Å²) in [5, 5.41) is 10.7. The van der Waals surface area contributed by atoms with Gasteiger partial charge in [0.15, 0.2) is 0 Å². The van der Waals surface area contributed by atoms with Crippen LogP contribution in [0, 0.1) is 19.8 Å². The van der Waals surface area contributed by atoms with Crippen molar-refractivity contribution < 1.29 is 13.8 Å². The van der Waals surface area contributed by atoms with Crippen molar-refractivity contribution in [3.63, 3.8) is 0 Å². The highest BCUT2D eigenvalue weighted by Gasteiger charge is 2.14. The number of carbonyl (C=O) groups excluding carboxylic acids is 1. The molecule has 1 N–H and O–H groups in total. The minimum absolute atomic E-state index is 0.221. The molecular formula is C16H23N3O3. The normalized spacial score (nSPS) is 11.1. The van der Waals surface area contributed by atoms with Crippen molar-refractivity contribution in [2.24, 2.45) is 5.92 Å². The van der Waals surface area contributed by atoms with Crippen molar-refractivity contribution in [1.82, 2.24) is 15.6 Å². The van der Waals surface area contributed by atoms with Crippen LogP contribution < -0.4 is 5.32 Å². The van der Waals surface area contributed by atoms with Crippen molar-refractivity contribution in [1.29, 1.82) is 0 Å². The van der Waals surface area contributed by atoms with E-state index >= 15 is 0 Å². The molecule has 0 saturated carbocycles. The molecular weight excluding hydrogens is 282 g/mol. The van der Waals surface area contributed by atoms with E-state index in [4.69, 9.17) is 9.05 Å². The van der Waals surface area contributed by atoms with Crippen molar-refractivity contribution in [2.75, 3.05) is 6.54 Å². The molecule has 0 aliphatic rings. The number of carbonyl (C=O) groups is 1. The molecule has 2 heterocycles. The lowest BCUT2D eigenvalue weighted by atomic mass is 10.1. The Bertz CT molecular complexity index is 609. The van der Waals surface area contributed by atoms with Gasteiger partial charge in [-0.3, -0.25) is 4.79 Å². The number of rotatable bonds is 7. The third kappa shape index (κ3) is 4.19. The van der Waals surface area contributed by atoms with Crippen LogP contribution in [0.1, 0.15) is 53.5 Å². The minimum atomic E-state index is -0.221. The molecule has 2 aromatic rings. The summed E-state index contributed by atoms with van der Waals surface area (Å²) in [6.07, 6.45) is 2.46. The first-order valence-corrected chi connectivity index (χ1v) is 7.63. The smallest absolute Gasteiger partial charge is 0.289 e. The molecule has 0 fully saturated rings. The second kappa shape index (κ2) is 7.24. The van der Waals surface area contributed by atoms with E-state index in [9.17, 15) is 4.79 Å². The summed E-state index contributed by atoms with van der Waals surface area (Å²) in [7, 11) is 0. The summed E-state index contributed by atoms with van der Waals surface area (Å²) >= 11 is 0. The molecule has 0 aliphatic heterocycles. The van der Waals surface area contributed by atoms with Gasteiger partial charge in [0.05, 0.1) is 11.4 Å². The Morgan fingerprint density at radius 1 is 1.27 bits per heavy atom. The zero-order valence-electron chi connectivity index (χ0n) is 13.6. The highest BCUT2D eigenvalue weighted by atomic mass is 16.5. The lowest BCUT2D eigenvalue weighted by Gasteiger charge is -2.02. The predicted molar refractivity (Wildman–Crippen MR) is 81.7 cm³/mol. The van der Waals surface area contributed by atoms with Gasteiger partial charge in [0.2, 0.25) is 5.76 Å². The average molecular weight is 305 g/mol. The number of hydrogen-bond donors (Lipinski definition) is 1. The first-order valence-electron chi connectivity index (χ1n) is 7.63. The number of hydrogen-bond acceptors (Lipinski definition) is 5. The lowest BCUT2D eigenvalue weighted by Crippen LogP contribution is -2.24. The van der Waals surface area contributed by atoms with Gasteiger partial charge in [0.25, 0.3) is 5.91 Å². The molecule has 22 heavy (non-hydrogen) atoms. The van der Waals surface area contributed by atoms with Gasteiger partial charge in [-0.15, -0.1) is 0 Å². The second-order valence-corrected chi connectivity index (χ2v) is 5.94. The van der Waals surface area contributed by atoms with Gasteiger partial charge >= 0.3 is 0 Å². The van der Waals surface area contributed by atoms with E-state index in [1.165, 1.54) is 0 Å². The monoisotopic (exact) mass is 305 g/mol. The molecule has 1 amide bonds. The van der Waals surface area contributed by atoms with Gasteiger partial charge in [-0.2, -0.15) is 0 Å². The largest absolute Gasteiger partial charge is 0.361 e. The molecule has 6 nitrogen and oxygen atoms in total. The molecule has 0 aliphatic carbocycles. The van der Waals surface area contributed by atoms with Crippen LogP contribution in [0.15, 0.2) is 15.1 Å². The average Bonchev–Trinajstić information content (AvgIpc) is 3.03. The van der Waals surface area contributed by atoms with Crippen LogP contribution in [-0.4, -0.2) is 22.8 Å². The molecule has 6 heteroatoms. The third-order valence-electron chi connectivity index (χ3n) is 3.47. The van der Waals surface area contributed by atoms with Crippen LogP contribution in [0.25, 0.3) is 0 Å². The topological polar surface area (TPSA) is 81.2 Å². The summed E-state index contributed by atoms with van der Waals surface area (Å²) in [5.41, 5.74) is 2.85. The van der Waals surface area contributed by atoms with Gasteiger partial charge in [-0.1, -0.05) is 24.2 Å². The number of aryl methyl sites for hydroxylation is 2. The fourth-order valence-corrected chi connectivity index (χ4v) is 2.35. The molecule has 120 valence electrons. The Hall–Kier alpha value is -2.11. The maximum Gasteiger partial charge on any atom is 0.289 e. The van der Waals surface area contributed by atoms with Crippen LogP contribution in [-0.2, 0) is 12.8 Å². The van der Waals surface area contributed by atoms with E-state index in [-0.39, 0.29) is 11.7 Å². The molecule has 0 radical (unpaired) electrons. The molecule has 0 atom stereocenters. The molecule has 2 aromatic heterocycles. The number of nitrogens with zero attached hydrogens (tertiary/aromatic N) is 2. The summed E-state index contributed by atoms with van der Waals surface area (Å²) in [6.45, 7) is 8.60. The second-order valence-electron chi connectivity index (χ2n) is 5.94. The molecule has 0 spiro atoms. The Labute approximate surface area is 130 Å². The number of amides is 1. The summed E-state index contributed by atoms with van der Waals surface area (Å²) in [5.74, 6) is 1.38. The first-order chi connectivity index (χ1) is 10.5. The fourth-order valence-electron chi connectivity index (χ4n) is 2.35. The zero-order valence-corrected chi connectivity index (χ0v) is 13.6.